The Morgan fingerprint density at radius 2 is 2.17 bits per heavy atom. The maximum atomic E-state index is 12.8. The van der Waals surface area contributed by atoms with E-state index in [0.29, 0.717) is 23.9 Å². The summed E-state index contributed by atoms with van der Waals surface area (Å²) in [6.45, 7) is 2.06. The van der Waals surface area contributed by atoms with E-state index < -0.39 is 6.10 Å². The lowest BCUT2D eigenvalue weighted by Crippen LogP contribution is -2.13. The average Bonchev–Trinajstić information content (AvgIpc) is 3.10. The standard InChI is InChI=1S/C21H22N6O3/c1-12(28)9-27-10-15(8-23-27)21-25-18(11-30-21)20(29)24-17-5-14-7-22-26(2)19(14)6-16(17)13-3-4-13/h5-8,10-13,28H,3-4,9H2,1-2H3,(H,24,29). The fourth-order valence-corrected chi connectivity index (χ4v) is 3.60. The second-order valence-electron chi connectivity index (χ2n) is 7.83. The first-order valence-electron chi connectivity index (χ1n) is 9.91. The molecular formula is C21H22N6O3. The molecule has 1 amide bonds. The van der Waals surface area contributed by atoms with Gasteiger partial charge in [-0.3, -0.25) is 14.2 Å². The van der Waals surface area contributed by atoms with Gasteiger partial charge in [0.1, 0.15) is 6.26 Å². The van der Waals surface area contributed by atoms with Crippen molar-refractivity contribution in [1.29, 1.82) is 0 Å². The zero-order chi connectivity index (χ0) is 20.8. The van der Waals surface area contributed by atoms with E-state index in [9.17, 15) is 9.90 Å². The minimum absolute atomic E-state index is 0.196. The Balaban J connectivity index is 1.39. The fourth-order valence-electron chi connectivity index (χ4n) is 3.60. The van der Waals surface area contributed by atoms with Crippen molar-refractivity contribution in [2.75, 3.05) is 5.32 Å². The van der Waals surface area contributed by atoms with Crippen LogP contribution in [0.3, 0.4) is 0 Å². The largest absolute Gasteiger partial charge is 0.444 e. The van der Waals surface area contributed by atoms with E-state index in [-0.39, 0.29) is 11.6 Å². The van der Waals surface area contributed by atoms with Crippen LogP contribution >= 0.6 is 0 Å². The van der Waals surface area contributed by atoms with E-state index in [4.69, 9.17) is 4.42 Å². The van der Waals surface area contributed by atoms with Gasteiger partial charge in [-0.25, -0.2) is 4.98 Å². The highest BCUT2D eigenvalue weighted by atomic mass is 16.3. The number of aliphatic hydroxyl groups excluding tert-OH is 1. The molecule has 1 aliphatic carbocycles. The lowest BCUT2D eigenvalue weighted by atomic mass is 10.1. The van der Waals surface area contributed by atoms with Crippen molar-refractivity contribution < 1.29 is 14.3 Å². The second-order valence-corrected chi connectivity index (χ2v) is 7.83. The molecule has 3 aromatic heterocycles. The van der Waals surface area contributed by atoms with E-state index in [1.807, 2.05) is 17.8 Å². The van der Waals surface area contributed by atoms with Crippen molar-refractivity contribution >= 4 is 22.5 Å². The molecular weight excluding hydrogens is 384 g/mol. The smallest absolute Gasteiger partial charge is 0.277 e. The number of rotatable bonds is 6. The van der Waals surface area contributed by atoms with Crippen LogP contribution in [-0.2, 0) is 13.6 Å². The molecule has 1 aliphatic rings. The first kappa shape index (κ1) is 18.6. The number of carbonyl (C=O) groups is 1. The Hall–Kier alpha value is -3.46. The van der Waals surface area contributed by atoms with E-state index >= 15 is 0 Å². The first-order chi connectivity index (χ1) is 14.5. The van der Waals surface area contributed by atoms with Gasteiger partial charge in [-0.2, -0.15) is 10.2 Å². The molecule has 0 saturated heterocycles. The molecule has 5 rings (SSSR count). The van der Waals surface area contributed by atoms with Crippen molar-refractivity contribution in [3.05, 3.63) is 48.2 Å². The number of hydrogen-bond donors (Lipinski definition) is 2. The van der Waals surface area contributed by atoms with E-state index in [1.165, 1.54) is 6.26 Å². The molecule has 154 valence electrons. The van der Waals surface area contributed by atoms with Crippen LogP contribution in [0.1, 0.15) is 41.7 Å². The molecule has 1 atom stereocenters. The van der Waals surface area contributed by atoms with Crippen LogP contribution in [0, 0.1) is 0 Å². The summed E-state index contributed by atoms with van der Waals surface area (Å²) in [7, 11) is 1.91. The molecule has 0 bridgehead atoms. The summed E-state index contributed by atoms with van der Waals surface area (Å²) in [4.78, 5) is 17.2. The third kappa shape index (κ3) is 3.48. The lowest BCUT2D eigenvalue weighted by molar-refractivity contribution is 0.102. The number of fused-ring (bicyclic) bond motifs is 1. The number of nitrogens with zero attached hydrogens (tertiary/aromatic N) is 5. The monoisotopic (exact) mass is 406 g/mol. The molecule has 2 N–H and O–H groups in total. The Bertz CT molecular complexity index is 1230. The molecule has 4 aromatic rings. The molecule has 30 heavy (non-hydrogen) atoms. The zero-order valence-electron chi connectivity index (χ0n) is 16.7. The van der Waals surface area contributed by atoms with Crippen molar-refractivity contribution in [2.24, 2.45) is 7.05 Å². The van der Waals surface area contributed by atoms with E-state index in [2.05, 4.69) is 26.6 Å². The zero-order valence-corrected chi connectivity index (χ0v) is 16.7. The number of hydrogen-bond acceptors (Lipinski definition) is 6. The summed E-state index contributed by atoms with van der Waals surface area (Å²) in [5.74, 6) is 0.445. The van der Waals surface area contributed by atoms with Gasteiger partial charge in [-0.05, 0) is 43.4 Å². The number of anilines is 1. The molecule has 1 saturated carbocycles. The van der Waals surface area contributed by atoms with Gasteiger partial charge in [-0.1, -0.05) is 0 Å². The van der Waals surface area contributed by atoms with Gasteiger partial charge in [0, 0.05) is 24.3 Å². The summed E-state index contributed by atoms with van der Waals surface area (Å²) in [6.07, 6.45) is 8.19. The first-order valence-corrected chi connectivity index (χ1v) is 9.91. The van der Waals surface area contributed by atoms with Gasteiger partial charge < -0.3 is 14.8 Å². The summed E-state index contributed by atoms with van der Waals surface area (Å²) < 4.78 is 8.94. The molecule has 3 heterocycles. The van der Waals surface area contributed by atoms with Crippen LogP contribution < -0.4 is 5.32 Å². The fraction of sp³-hybridized carbons (Fsp3) is 0.333. The minimum Gasteiger partial charge on any atom is -0.444 e. The second kappa shape index (κ2) is 7.10. The number of nitrogens with one attached hydrogen (secondary N) is 1. The van der Waals surface area contributed by atoms with Gasteiger partial charge in [0.15, 0.2) is 5.69 Å². The number of aromatic nitrogens is 5. The number of benzene rings is 1. The van der Waals surface area contributed by atoms with Crippen LogP contribution in [-0.4, -0.2) is 41.7 Å². The quantitative estimate of drug-likeness (QED) is 0.509. The highest BCUT2D eigenvalue weighted by molar-refractivity contribution is 6.04. The summed E-state index contributed by atoms with van der Waals surface area (Å²) in [6, 6.07) is 4.08. The maximum Gasteiger partial charge on any atom is 0.277 e. The molecule has 1 aromatic carbocycles. The third-order valence-electron chi connectivity index (χ3n) is 5.25. The van der Waals surface area contributed by atoms with E-state index in [0.717, 1.165) is 35.0 Å². The van der Waals surface area contributed by atoms with Gasteiger partial charge >= 0.3 is 0 Å². The summed E-state index contributed by atoms with van der Waals surface area (Å²) in [5.41, 5.74) is 3.80. The van der Waals surface area contributed by atoms with Crippen LogP contribution in [0.4, 0.5) is 5.69 Å². The predicted molar refractivity (Wildman–Crippen MR) is 110 cm³/mol. The third-order valence-corrected chi connectivity index (χ3v) is 5.25. The molecule has 1 fully saturated rings. The molecule has 9 nitrogen and oxygen atoms in total. The van der Waals surface area contributed by atoms with Gasteiger partial charge in [-0.15, -0.1) is 0 Å². The number of aliphatic hydroxyl groups is 1. The highest BCUT2D eigenvalue weighted by Gasteiger charge is 2.28. The number of aryl methyl sites for hydroxylation is 1. The number of oxazole rings is 1. The Morgan fingerprint density at radius 1 is 1.33 bits per heavy atom. The Kier molecular flexibility index (Phi) is 4.39. The van der Waals surface area contributed by atoms with Crippen LogP contribution in [0.25, 0.3) is 22.4 Å². The Labute approximate surface area is 172 Å². The van der Waals surface area contributed by atoms with Gasteiger partial charge in [0.05, 0.1) is 36.1 Å². The molecule has 1 unspecified atom stereocenters. The minimum atomic E-state index is -0.513. The van der Waals surface area contributed by atoms with Gasteiger partial charge in [0.25, 0.3) is 5.91 Å². The molecule has 9 heteroatoms. The van der Waals surface area contributed by atoms with Crippen LogP contribution in [0.5, 0.6) is 0 Å². The molecule has 0 spiro atoms. The number of carbonyl (C=O) groups excluding carboxylic acids is 1. The average molecular weight is 406 g/mol. The molecule has 0 radical (unpaired) electrons. The number of amides is 1. The van der Waals surface area contributed by atoms with Crippen molar-refractivity contribution in [3.8, 4) is 11.5 Å². The highest BCUT2D eigenvalue weighted by Crippen LogP contribution is 2.44. The predicted octanol–water partition coefficient (Wildman–Crippen LogP) is 2.94. The maximum absolute atomic E-state index is 12.8. The van der Waals surface area contributed by atoms with Crippen molar-refractivity contribution in [1.82, 2.24) is 24.5 Å². The normalized spacial score (nSPS) is 14.9. The van der Waals surface area contributed by atoms with Crippen LogP contribution in [0.2, 0.25) is 0 Å². The van der Waals surface area contributed by atoms with Crippen molar-refractivity contribution in [2.45, 2.75) is 38.3 Å². The summed E-state index contributed by atoms with van der Waals surface area (Å²) >= 11 is 0. The lowest BCUT2D eigenvalue weighted by Gasteiger charge is -2.10. The van der Waals surface area contributed by atoms with Gasteiger partial charge in [0.2, 0.25) is 5.89 Å². The SMILES string of the molecule is CC(O)Cn1cc(-c2nc(C(=O)Nc3cc4cnn(C)c4cc3C3CC3)co2)cn1. The van der Waals surface area contributed by atoms with Crippen LogP contribution in [0.15, 0.2) is 41.4 Å². The molecule has 0 aliphatic heterocycles. The summed E-state index contributed by atoms with van der Waals surface area (Å²) in [5, 5.41) is 21.9. The van der Waals surface area contributed by atoms with Crippen molar-refractivity contribution in [3.63, 3.8) is 0 Å². The Morgan fingerprint density at radius 3 is 2.93 bits per heavy atom. The topological polar surface area (TPSA) is 111 Å². The van der Waals surface area contributed by atoms with E-state index in [1.54, 1.807) is 30.2 Å².